The van der Waals surface area contributed by atoms with Crippen LogP contribution >= 0.6 is 0 Å². The summed E-state index contributed by atoms with van der Waals surface area (Å²) in [7, 11) is -3.77. The Morgan fingerprint density at radius 2 is 1.85 bits per heavy atom. The minimum absolute atomic E-state index is 0.0342. The Morgan fingerprint density at radius 3 is 2.35 bits per heavy atom. The van der Waals surface area contributed by atoms with Crippen LogP contribution in [-0.2, 0) is 10.0 Å². The van der Waals surface area contributed by atoms with Crippen LogP contribution in [0.3, 0.4) is 0 Å². The van der Waals surface area contributed by atoms with E-state index in [0.717, 1.165) is 45.2 Å². The van der Waals surface area contributed by atoms with Gasteiger partial charge >= 0.3 is 0 Å². The molecular weight excluding hydrogens is 278 g/mol. The van der Waals surface area contributed by atoms with Crippen LogP contribution in [0.5, 0.6) is 0 Å². The number of hydrogen-bond donors (Lipinski definition) is 1. The number of nitrogens with zero attached hydrogens (tertiary/aromatic N) is 2. The molecule has 2 aliphatic rings. The van der Waals surface area contributed by atoms with Crippen molar-refractivity contribution >= 4 is 15.9 Å². The third-order valence-corrected chi connectivity index (χ3v) is 5.11. The third kappa shape index (κ3) is 2.35. The van der Waals surface area contributed by atoms with E-state index in [1.807, 2.05) is 4.57 Å². The van der Waals surface area contributed by atoms with Crippen LogP contribution in [0.1, 0.15) is 48.6 Å². The van der Waals surface area contributed by atoms with Gasteiger partial charge in [-0.15, -0.1) is 0 Å². The number of carbonyl (C=O) groups is 1. The second-order valence-corrected chi connectivity index (χ2v) is 7.16. The Kier molecular flexibility index (Phi) is 3.33. The predicted octanol–water partition coefficient (Wildman–Crippen LogP) is 1.10. The Labute approximate surface area is 118 Å². The van der Waals surface area contributed by atoms with Crippen molar-refractivity contribution in [3.8, 4) is 0 Å². The summed E-state index contributed by atoms with van der Waals surface area (Å²) in [5.74, 6) is -0.0794. The van der Waals surface area contributed by atoms with Gasteiger partial charge in [-0.2, -0.15) is 0 Å². The van der Waals surface area contributed by atoms with Crippen molar-refractivity contribution in [1.29, 1.82) is 0 Å². The zero-order valence-electron chi connectivity index (χ0n) is 11.3. The number of sulfonamides is 1. The first-order chi connectivity index (χ1) is 9.47. The Hall–Kier alpha value is -1.34. The summed E-state index contributed by atoms with van der Waals surface area (Å²) in [6, 6.07) is 1.65. The molecule has 20 heavy (non-hydrogen) atoms. The molecule has 110 valence electrons. The lowest BCUT2D eigenvalue weighted by atomic mass is 9.93. The monoisotopic (exact) mass is 297 g/mol. The standard InChI is InChI=1S/C13H19N3O3S/c14-20(18,19)11-8-12(13(17)15-6-1-2-7-15)16(9-11)10-4-3-5-10/h8-10H,1-7H2,(H2,14,18,19). The van der Waals surface area contributed by atoms with Crippen LogP contribution in [0, 0.1) is 0 Å². The number of rotatable bonds is 3. The minimum atomic E-state index is -3.77. The zero-order valence-corrected chi connectivity index (χ0v) is 12.1. The topological polar surface area (TPSA) is 85.4 Å². The summed E-state index contributed by atoms with van der Waals surface area (Å²) in [4.78, 5) is 14.3. The van der Waals surface area contributed by atoms with E-state index in [-0.39, 0.29) is 16.8 Å². The van der Waals surface area contributed by atoms with Gasteiger partial charge in [0.25, 0.3) is 5.91 Å². The SMILES string of the molecule is NS(=O)(=O)c1cc(C(=O)N2CCCC2)n(C2CCC2)c1. The van der Waals surface area contributed by atoms with Crippen molar-refractivity contribution in [2.75, 3.05) is 13.1 Å². The lowest BCUT2D eigenvalue weighted by Gasteiger charge is -2.29. The predicted molar refractivity (Wildman–Crippen MR) is 73.8 cm³/mol. The molecule has 0 aromatic carbocycles. The van der Waals surface area contributed by atoms with Crippen LogP contribution in [0.4, 0.5) is 0 Å². The molecule has 6 nitrogen and oxygen atoms in total. The van der Waals surface area contributed by atoms with Gasteiger partial charge in [0, 0.05) is 25.3 Å². The maximum Gasteiger partial charge on any atom is 0.270 e. The van der Waals surface area contributed by atoms with Crippen molar-refractivity contribution in [1.82, 2.24) is 9.47 Å². The fourth-order valence-electron chi connectivity index (χ4n) is 2.83. The first kappa shape index (κ1) is 13.6. The Bertz CT molecular complexity index is 625. The third-order valence-electron chi connectivity index (χ3n) is 4.23. The van der Waals surface area contributed by atoms with E-state index in [2.05, 4.69) is 0 Å². The maximum absolute atomic E-state index is 12.5. The quantitative estimate of drug-likeness (QED) is 0.906. The molecule has 7 heteroatoms. The molecule has 1 aliphatic heterocycles. The van der Waals surface area contributed by atoms with E-state index in [4.69, 9.17) is 5.14 Å². The summed E-state index contributed by atoms with van der Waals surface area (Å²) >= 11 is 0. The second-order valence-electron chi connectivity index (χ2n) is 5.60. The molecule has 1 saturated carbocycles. The molecule has 0 bridgehead atoms. The number of amides is 1. The van der Waals surface area contributed by atoms with Gasteiger partial charge in [-0.3, -0.25) is 4.79 Å². The van der Waals surface area contributed by atoms with Crippen LogP contribution in [0.2, 0.25) is 0 Å². The summed E-state index contributed by atoms with van der Waals surface area (Å²) in [6.07, 6.45) is 6.63. The van der Waals surface area contributed by atoms with E-state index in [0.29, 0.717) is 5.69 Å². The Morgan fingerprint density at radius 1 is 1.20 bits per heavy atom. The first-order valence-corrected chi connectivity index (χ1v) is 8.55. The normalized spacial score (nSPS) is 20.1. The highest BCUT2D eigenvalue weighted by molar-refractivity contribution is 7.89. The molecule has 0 spiro atoms. The molecule has 1 saturated heterocycles. The number of likely N-dealkylation sites (tertiary alicyclic amines) is 1. The van der Waals surface area contributed by atoms with E-state index in [1.165, 1.54) is 12.3 Å². The fraction of sp³-hybridized carbons (Fsp3) is 0.615. The summed E-state index contributed by atoms with van der Waals surface area (Å²) in [5, 5.41) is 5.19. The van der Waals surface area contributed by atoms with Crippen LogP contribution < -0.4 is 5.14 Å². The molecule has 3 rings (SSSR count). The number of hydrogen-bond acceptors (Lipinski definition) is 3. The molecule has 1 aromatic heterocycles. The van der Waals surface area contributed by atoms with Gasteiger partial charge in [-0.05, 0) is 38.2 Å². The average molecular weight is 297 g/mol. The van der Waals surface area contributed by atoms with E-state index >= 15 is 0 Å². The van der Waals surface area contributed by atoms with E-state index in [1.54, 1.807) is 4.90 Å². The van der Waals surface area contributed by atoms with Crippen LogP contribution in [0.25, 0.3) is 0 Å². The Balaban J connectivity index is 1.98. The molecule has 2 heterocycles. The van der Waals surface area contributed by atoms with Crippen LogP contribution in [-0.4, -0.2) is 36.9 Å². The van der Waals surface area contributed by atoms with Gasteiger partial charge in [0.1, 0.15) is 10.6 Å². The number of carbonyl (C=O) groups excluding carboxylic acids is 1. The maximum atomic E-state index is 12.5. The minimum Gasteiger partial charge on any atom is -0.339 e. The second kappa shape index (κ2) is 4.89. The van der Waals surface area contributed by atoms with E-state index in [9.17, 15) is 13.2 Å². The van der Waals surface area contributed by atoms with Gasteiger partial charge in [0.15, 0.2) is 0 Å². The summed E-state index contributed by atoms with van der Waals surface area (Å²) < 4.78 is 24.8. The van der Waals surface area contributed by atoms with Crippen molar-refractivity contribution < 1.29 is 13.2 Å². The molecule has 1 amide bonds. The number of nitrogens with two attached hydrogens (primary N) is 1. The highest BCUT2D eigenvalue weighted by Gasteiger charge is 2.29. The van der Waals surface area contributed by atoms with Gasteiger partial charge in [-0.25, -0.2) is 13.6 Å². The molecule has 1 aliphatic carbocycles. The van der Waals surface area contributed by atoms with Gasteiger partial charge in [-0.1, -0.05) is 0 Å². The largest absolute Gasteiger partial charge is 0.339 e. The number of aromatic nitrogens is 1. The van der Waals surface area contributed by atoms with Gasteiger partial charge in [0.05, 0.1) is 0 Å². The zero-order chi connectivity index (χ0) is 14.3. The lowest BCUT2D eigenvalue weighted by Crippen LogP contribution is -2.31. The molecule has 0 unspecified atom stereocenters. The van der Waals surface area contributed by atoms with Crippen LogP contribution in [0.15, 0.2) is 17.2 Å². The lowest BCUT2D eigenvalue weighted by molar-refractivity contribution is 0.0776. The molecule has 2 N–H and O–H groups in total. The highest BCUT2D eigenvalue weighted by atomic mass is 32.2. The average Bonchev–Trinajstić information content (AvgIpc) is 2.93. The summed E-state index contributed by atoms with van der Waals surface area (Å²) in [5.41, 5.74) is 0.459. The van der Waals surface area contributed by atoms with Crippen molar-refractivity contribution in [2.24, 2.45) is 5.14 Å². The molecule has 2 fully saturated rings. The van der Waals surface area contributed by atoms with Gasteiger partial charge < -0.3 is 9.47 Å². The molecule has 1 aromatic rings. The van der Waals surface area contributed by atoms with Gasteiger partial charge in [0.2, 0.25) is 10.0 Å². The summed E-state index contributed by atoms with van der Waals surface area (Å²) in [6.45, 7) is 1.50. The van der Waals surface area contributed by atoms with E-state index < -0.39 is 10.0 Å². The first-order valence-electron chi connectivity index (χ1n) is 7.01. The van der Waals surface area contributed by atoms with Crippen molar-refractivity contribution in [3.05, 3.63) is 18.0 Å². The van der Waals surface area contributed by atoms with Crippen molar-refractivity contribution in [3.63, 3.8) is 0 Å². The fourth-order valence-corrected chi connectivity index (χ4v) is 3.37. The van der Waals surface area contributed by atoms with Crippen molar-refractivity contribution in [2.45, 2.75) is 43.0 Å². The highest BCUT2D eigenvalue weighted by Crippen LogP contribution is 2.34. The number of primary sulfonamides is 1. The smallest absolute Gasteiger partial charge is 0.270 e. The molecular formula is C13H19N3O3S. The molecule has 0 radical (unpaired) electrons. The molecule has 0 atom stereocenters.